The Balaban J connectivity index is 1.88. The number of para-hydroxylation sites is 1. The molecule has 1 aromatic rings. The molecule has 120 valence electrons. The van der Waals surface area contributed by atoms with E-state index in [0.29, 0.717) is 13.1 Å². The summed E-state index contributed by atoms with van der Waals surface area (Å²) in [4.78, 5) is 27.6. The first-order valence-electron chi connectivity index (χ1n) is 7.95. The summed E-state index contributed by atoms with van der Waals surface area (Å²) in [5.41, 5.74) is 2.05. The van der Waals surface area contributed by atoms with Crippen LogP contribution in [0.25, 0.3) is 0 Å². The van der Waals surface area contributed by atoms with E-state index < -0.39 is 0 Å². The van der Waals surface area contributed by atoms with Crippen LogP contribution < -0.4 is 5.32 Å². The SMILES string of the molecule is CCc1ccccc1NC(=O)CN1CCCN(C(C)=O)CC1. The molecule has 22 heavy (non-hydrogen) atoms. The van der Waals surface area contributed by atoms with Crippen molar-refractivity contribution in [1.82, 2.24) is 9.80 Å². The summed E-state index contributed by atoms with van der Waals surface area (Å²) in [5, 5.41) is 3.00. The quantitative estimate of drug-likeness (QED) is 0.922. The van der Waals surface area contributed by atoms with E-state index in [1.165, 1.54) is 0 Å². The van der Waals surface area contributed by atoms with Gasteiger partial charge in [0.05, 0.1) is 6.54 Å². The zero-order chi connectivity index (χ0) is 15.9. The molecule has 1 saturated heterocycles. The number of aryl methyl sites for hydroxylation is 1. The van der Waals surface area contributed by atoms with Crippen LogP contribution in [0.4, 0.5) is 5.69 Å². The van der Waals surface area contributed by atoms with Crippen molar-refractivity contribution in [3.05, 3.63) is 29.8 Å². The number of carbonyl (C=O) groups excluding carboxylic acids is 2. The van der Waals surface area contributed by atoms with E-state index in [0.717, 1.165) is 43.7 Å². The molecule has 0 bridgehead atoms. The number of anilines is 1. The van der Waals surface area contributed by atoms with Gasteiger partial charge in [-0.25, -0.2) is 0 Å². The molecule has 1 aromatic carbocycles. The predicted octanol–water partition coefficient (Wildman–Crippen LogP) is 1.74. The largest absolute Gasteiger partial charge is 0.342 e. The fourth-order valence-electron chi connectivity index (χ4n) is 2.79. The first-order chi connectivity index (χ1) is 10.6. The predicted molar refractivity (Wildman–Crippen MR) is 87.8 cm³/mol. The molecule has 2 amide bonds. The molecule has 1 heterocycles. The van der Waals surface area contributed by atoms with Crippen molar-refractivity contribution in [1.29, 1.82) is 0 Å². The minimum absolute atomic E-state index is 0.0113. The second-order valence-electron chi connectivity index (χ2n) is 5.69. The van der Waals surface area contributed by atoms with E-state index >= 15 is 0 Å². The number of carbonyl (C=O) groups is 2. The minimum atomic E-state index is 0.0113. The van der Waals surface area contributed by atoms with Gasteiger partial charge in [0, 0.05) is 38.8 Å². The van der Waals surface area contributed by atoms with E-state index in [1.54, 1.807) is 6.92 Å². The fourth-order valence-corrected chi connectivity index (χ4v) is 2.79. The van der Waals surface area contributed by atoms with E-state index in [1.807, 2.05) is 29.2 Å². The van der Waals surface area contributed by atoms with E-state index in [-0.39, 0.29) is 11.8 Å². The molecule has 1 aliphatic rings. The molecule has 0 saturated carbocycles. The summed E-state index contributed by atoms with van der Waals surface area (Å²) in [7, 11) is 0. The smallest absolute Gasteiger partial charge is 0.238 e. The average molecular weight is 303 g/mol. The normalized spacial score (nSPS) is 16.2. The first-order valence-corrected chi connectivity index (χ1v) is 7.95. The van der Waals surface area contributed by atoms with Gasteiger partial charge in [-0.1, -0.05) is 25.1 Å². The van der Waals surface area contributed by atoms with Crippen LogP contribution in [0.1, 0.15) is 25.8 Å². The van der Waals surface area contributed by atoms with Crippen molar-refractivity contribution in [3.8, 4) is 0 Å². The Hall–Kier alpha value is -1.88. The zero-order valence-electron chi connectivity index (χ0n) is 13.5. The van der Waals surface area contributed by atoms with Gasteiger partial charge in [0.1, 0.15) is 0 Å². The molecule has 1 fully saturated rings. The first kappa shape index (κ1) is 16.5. The molecule has 1 N–H and O–H groups in total. The standard InChI is InChI=1S/C17H25N3O2/c1-3-15-7-4-5-8-16(15)18-17(22)13-19-9-6-10-20(12-11-19)14(2)21/h4-5,7-8H,3,6,9-13H2,1-2H3,(H,18,22). The summed E-state index contributed by atoms with van der Waals surface area (Å²) in [6.07, 6.45) is 1.81. The second kappa shape index (κ2) is 7.94. The number of hydrogen-bond acceptors (Lipinski definition) is 3. The molecular formula is C17H25N3O2. The maximum absolute atomic E-state index is 12.2. The lowest BCUT2D eigenvalue weighted by atomic mass is 10.1. The highest BCUT2D eigenvalue weighted by Crippen LogP contribution is 2.15. The molecule has 5 nitrogen and oxygen atoms in total. The van der Waals surface area contributed by atoms with Crippen LogP contribution in [0, 0.1) is 0 Å². The van der Waals surface area contributed by atoms with Crippen molar-refractivity contribution in [2.75, 3.05) is 38.0 Å². The van der Waals surface area contributed by atoms with Gasteiger partial charge in [-0.05, 0) is 24.5 Å². The Morgan fingerprint density at radius 2 is 1.91 bits per heavy atom. The van der Waals surface area contributed by atoms with E-state index in [9.17, 15) is 9.59 Å². The Bertz CT molecular complexity index is 530. The highest BCUT2D eigenvalue weighted by atomic mass is 16.2. The van der Waals surface area contributed by atoms with Crippen LogP contribution in [0.3, 0.4) is 0 Å². The van der Waals surface area contributed by atoms with Crippen molar-refractivity contribution in [3.63, 3.8) is 0 Å². The van der Waals surface area contributed by atoms with Gasteiger partial charge in [0.15, 0.2) is 0 Å². The highest BCUT2D eigenvalue weighted by molar-refractivity contribution is 5.93. The third-order valence-corrected chi connectivity index (χ3v) is 4.07. The van der Waals surface area contributed by atoms with Crippen LogP contribution >= 0.6 is 0 Å². The molecule has 0 radical (unpaired) electrons. The molecule has 0 aromatic heterocycles. The van der Waals surface area contributed by atoms with Crippen molar-refractivity contribution in [2.45, 2.75) is 26.7 Å². The van der Waals surface area contributed by atoms with Gasteiger partial charge < -0.3 is 10.2 Å². The minimum Gasteiger partial charge on any atom is -0.342 e. The van der Waals surface area contributed by atoms with Crippen LogP contribution in [-0.2, 0) is 16.0 Å². The van der Waals surface area contributed by atoms with Crippen molar-refractivity contribution in [2.24, 2.45) is 0 Å². The third kappa shape index (κ3) is 4.56. The van der Waals surface area contributed by atoms with Gasteiger partial charge in [0.2, 0.25) is 11.8 Å². The highest BCUT2D eigenvalue weighted by Gasteiger charge is 2.18. The molecule has 5 heteroatoms. The van der Waals surface area contributed by atoms with Crippen LogP contribution in [0.15, 0.2) is 24.3 Å². The average Bonchev–Trinajstić information content (AvgIpc) is 2.73. The second-order valence-corrected chi connectivity index (χ2v) is 5.69. The van der Waals surface area contributed by atoms with Gasteiger partial charge in [-0.15, -0.1) is 0 Å². The molecule has 0 unspecified atom stereocenters. The summed E-state index contributed by atoms with van der Waals surface area (Å²) in [5.74, 6) is 0.125. The molecule has 0 aliphatic carbocycles. The Kier molecular flexibility index (Phi) is 5.95. The molecule has 0 atom stereocenters. The van der Waals surface area contributed by atoms with Gasteiger partial charge in [-0.2, -0.15) is 0 Å². The number of amides is 2. The number of nitrogens with one attached hydrogen (secondary N) is 1. The third-order valence-electron chi connectivity index (χ3n) is 4.07. The summed E-state index contributed by atoms with van der Waals surface area (Å²) in [6.45, 7) is 7.15. The summed E-state index contributed by atoms with van der Waals surface area (Å²) < 4.78 is 0. The zero-order valence-corrected chi connectivity index (χ0v) is 13.5. The monoisotopic (exact) mass is 303 g/mol. The van der Waals surface area contributed by atoms with Gasteiger partial charge in [0.25, 0.3) is 0 Å². The number of nitrogens with zero attached hydrogens (tertiary/aromatic N) is 2. The lowest BCUT2D eigenvalue weighted by molar-refractivity contribution is -0.128. The summed E-state index contributed by atoms with van der Waals surface area (Å²) >= 11 is 0. The van der Waals surface area contributed by atoms with E-state index in [4.69, 9.17) is 0 Å². The van der Waals surface area contributed by atoms with Crippen LogP contribution in [-0.4, -0.2) is 54.3 Å². The lowest BCUT2D eigenvalue weighted by Gasteiger charge is -2.21. The maximum atomic E-state index is 12.2. The van der Waals surface area contributed by atoms with Crippen LogP contribution in [0.5, 0.6) is 0 Å². The van der Waals surface area contributed by atoms with Gasteiger partial charge in [-0.3, -0.25) is 14.5 Å². The molecular weight excluding hydrogens is 278 g/mol. The van der Waals surface area contributed by atoms with Crippen molar-refractivity contribution >= 4 is 17.5 Å². The Morgan fingerprint density at radius 1 is 1.14 bits per heavy atom. The molecule has 1 aliphatic heterocycles. The lowest BCUT2D eigenvalue weighted by Crippen LogP contribution is -2.37. The number of rotatable bonds is 4. The van der Waals surface area contributed by atoms with Crippen molar-refractivity contribution < 1.29 is 9.59 Å². The topological polar surface area (TPSA) is 52.7 Å². The van der Waals surface area contributed by atoms with Crippen LogP contribution in [0.2, 0.25) is 0 Å². The summed E-state index contributed by atoms with van der Waals surface area (Å²) in [6, 6.07) is 7.90. The number of hydrogen-bond donors (Lipinski definition) is 1. The van der Waals surface area contributed by atoms with Gasteiger partial charge >= 0.3 is 0 Å². The number of benzene rings is 1. The Morgan fingerprint density at radius 3 is 2.64 bits per heavy atom. The molecule has 0 spiro atoms. The fraction of sp³-hybridized carbons (Fsp3) is 0.529. The Labute approximate surface area is 132 Å². The van der Waals surface area contributed by atoms with E-state index in [2.05, 4.69) is 17.1 Å². The maximum Gasteiger partial charge on any atom is 0.238 e. The molecule has 2 rings (SSSR count).